The number of benzene rings is 1. The molecule has 1 atom stereocenters. The highest BCUT2D eigenvalue weighted by atomic mass is 35.5. The maximum Gasteiger partial charge on any atom is 0.303 e. The second-order valence-electron chi connectivity index (χ2n) is 5.57. The molecule has 130 valence electrons. The molecule has 1 heterocycles. The van der Waals surface area contributed by atoms with E-state index in [0.29, 0.717) is 24.4 Å². The van der Waals surface area contributed by atoms with Gasteiger partial charge in [0.15, 0.2) is 0 Å². The Hall–Kier alpha value is -1.79. The lowest BCUT2D eigenvalue weighted by molar-refractivity contribution is -0.137. The Balaban J connectivity index is 2.01. The fraction of sp³-hybridized carbons (Fsp3) is 0.438. The van der Waals surface area contributed by atoms with Gasteiger partial charge in [-0.15, -0.1) is 0 Å². The Morgan fingerprint density at radius 1 is 1.29 bits per heavy atom. The molecule has 24 heavy (non-hydrogen) atoms. The van der Waals surface area contributed by atoms with Crippen LogP contribution in [0.2, 0.25) is 10.0 Å². The van der Waals surface area contributed by atoms with Crippen molar-refractivity contribution >= 4 is 41.0 Å². The van der Waals surface area contributed by atoms with Crippen molar-refractivity contribution in [1.82, 2.24) is 10.2 Å². The fourth-order valence-corrected chi connectivity index (χ4v) is 3.04. The molecule has 2 rings (SSSR count). The molecule has 2 amide bonds. The van der Waals surface area contributed by atoms with Crippen molar-refractivity contribution < 1.29 is 19.5 Å². The zero-order chi connectivity index (χ0) is 17.7. The van der Waals surface area contributed by atoms with Gasteiger partial charge in [0.2, 0.25) is 5.91 Å². The van der Waals surface area contributed by atoms with Crippen LogP contribution in [0.15, 0.2) is 18.2 Å². The van der Waals surface area contributed by atoms with E-state index < -0.39 is 12.0 Å². The quantitative estimate of drug-likeness (QED) is 0.751. The van der Waals surface area contributed by atoms with Crippen molar-refractivity contribution in [3.63, 3.8) is 0 Å². The number of nitrogens with zero attached hydrogens (tertiary/aromatic N) is 1. The van der Waals surface area contributed by atoms with Gasteiger partial charge < -0.3 is 15.3 Å². The molecule has 0 radical (unpaired) electrons. The molecule has 0 bridgehead atoms. The molecule has 1 aliphatic rings. The number of carboxylic acid groups (broad SMARTS) is 1. The number of carbonyl (C=O) groups excluding carboxylic acids is 2. The molecule has 1 aliphatic heterocycles. The molecular formula is C16H18Cl2N2O4. The number of carboxylic acids is 1. The van der Waals surface area contributed by atoms with Crippen LogP contribution in [-0.4, -0.2) is 46.9 Å². The van der Waals surface area contributed by atoms with Gasteiger partial charge in [0.05, 0.1) is 10.6 Å². The first kappa shape index (κ1) is 18.5. The molecular weight excluding hydrogens is 355 g/mol. The van der Waals surface area contributed by atoms with E-state index in [1.807, 2.05) is 0 Å². The highest BCUT2D eigenvalue weighted by Crippen LogP contribution is 2.26. The van der Waals surface area contributed by atoms with Gasteiger partial charge >= 0.3 is 5.97 Å². The second-order valence-corrected chi connectivity index (χ2v) is 6.41. The summed E-state index contributed by atoms with van der Waals surface area (Å²) in [7, 11) is 0. The molecule has 1 fully saturated rings. The Labute approximate surface area is 149 Å². The largest absolute Gasteiger partial charge is 0.481 e. The molecule has 0 saturated carbocycles. The predicted octanol–water partition coefficient (Wildman–Crippen LogP) is 2.58. The maximum atomic E-state index is 12.7. The molecule has 8 heteroatoms. The summed E-state index contributed by atoms with van der Waals surface area (Å²) < 4.78 is 0. The van der Waals surface area contributed by atoms with E-state index in [9.17, 15) is 14.4 Å². The molecule has 1 aromatic carbocycles. The van der Waals surface area contributed by atoms with Gasteiger partial charge in [0, 0.05) is 24.5 Å². The van der Waals surface area contributed by atoms with E-state index in [2.05, 4.69) is 5.32 Å². The van der Waals surface area contributed by atoms with Crippen LogP contribution in [0.4, 0.5) is 0 Å². The van der Waals surface area contributed by atoms with Crippen molar-refractivity contribution in [3.05, 3.63) is 33.8 Å². The summed E-state index contributed by atoms with van der Waals surface area (Å²) in [5.74, 6) is -1.51. The van der Waals surface area contributed by atoms with Crippen molar-refractivity contribution in [1.29, 1.82) is 0 Å². The number of nitrogens with one attached hydrogen (secondary N) is 1. The van der Waals surface area contributed by atoms with E-state index in [1.54, 1.807) is 12.1 Å². The number of likely N-dealkylation sites (tertiary alicyclic amines) is 1. The highest BCUT2D eigenvalue weighted by molar-refractivity contribution is 6.35. The third-order valence-electron chi connectivity index (χ3n) is 3.84. The van der Waals surface area contributed by atoms with Gasteiger partial charge in [-0.25, -0.2) is 0 Å². The Morgan fingerprint density at radius 3 is 2.75 bits per heavy atom. The van der Waals surface area contributed by atoms with Crippen LogP contribution in [-0.2, 0) is 9.59 Å². The number of hydrogen-bond acceptors (Lipinski definition) is 3. The monoisotopic (exact) mass is 372 g/mol. The van der Waals surface area contributed by atoms with Crippen LogP contribution >= 0.6 is 23.2 Å². The van der Waals surface area contributed by atoms with Gasteiger partial charge in [0.25, 0.3) is 5.91 Å². The van der Waals surface area contributed by atoms with Crippen molar-refractivity contribution in [2.24, 2.45) is 0 Å². The van der Waals surface area contributed by atoms with Crippen molar-refractivity contribution in [2.75, 3.05) is 13.1 Å². The average Bonchev–Trinajstić information content (AvgIpc) is 3.02. The van der Waals surface area contributed by atoms with E-state index in [1.165, 1.54) is 11.0 Å². The summed E-state index contributed by atoms with van der Waals surface area (Å²) in [5.41, 5.74) is 0.273. The number of hydrogen-bond donors (Lipinski definition) is 2. The molecule has 0 aliphatic carbocycles. The van der Waals surface area contributed by atoms with Gasteiger partial charge in [0.1, 0.15) is 6.04 Å². The number of amides is 2. The number of halogens is 2. The summed E-state index contributed by atoms with van der Waals surface area (Å²) in [4.78, 5) is 36.9. The minimum absolute atomic E-state index is 0.00822. The topological polar surface area (TPSA) is 86.7 Å². The number of aliphatic carboxylic acids is 1. The molecule has 2 N–H and O–H groups in total. The predicted molar refractivity (Wildman–Crippen MR) is 90.4 cm³/mol. The fourth-order valence-electron chi connectivity index (χ4n) is 2.67. The molecule has 6 nitrogen and oxygen atoms in total. The normalized spacial score (nSPS) is 16.9. The van der Waals surface area contributed by atoms with Gasteiger partial charge in [-0.3, -0.25) is 14.4 Å². The third kappa shape index (κ3) is 4.61. The van der Waals surface area contributed by atoms with E-state index in [-0.39, 0.29) is 35.4 Å². The molecule has 1 unspecified atom stereocenters. The van der Waals surface area contributed by atoms with E-state index in [4.69, 9.17) is 28.3 Å². The minimum Gasteiger partial charge on any atom is -0.481 e. The first-order chi connectivity index (χ1) is 11.4. The standard InChI is InChI=1S/C16H18Cl2N2O4/c17-10-5-6-12(18)11(9-10)16(24)20-8-2-3-13(20)15(23)19-7-1-4-14(21)22/h5-6,9,13H,1-4,7-8H2,(H,19,23)(H,21,22). The summed E-state index contributed by atoms with van der Waals surface area (Å²) in [6.45, 7) is 0.733. The van der Waals surface area contributed by atoms with Crippen LogP contribution in [0.5, 0.6) is 0 Å². The number of carbonyl (C=O) groups is 3. The molecule has 0 spiro atoms. The third-order valence-corrected chi connectivity index (χ3v) is 4.41. The second kappa shape index (κ2) is 8.35. The summed E-state index contributed by atoms with van der Waals surface area (Å²) in [6, 6.07) is 4.06. The summed E-state index contributed by atoms with van der Waals surface area (Å²) in [5, 5.41) is 12.0. The van der Waals surface area contributed by atoms with Gasteiger partial charge in [-0.1, -0.05) is 23.2 Å². The van der Waals surface area contributed by atoms with E-state index >= 15 is 0 Å². The van der Waals surface area contributed by atoms with Gasteiger partial charge in [-0.2, -0.15) is 0 Å². The lowest BCUT2D eigenvalue weighted by Gasteiger charge is -2.24. The van der Waals surface area contributed by atoms with Crippen molar-refractivity contribution in [3.8, 4) is 0 Å². The van der Waals surface area contributed by atoms with Crippen LogP contribution < -0.4 is 5.32 Å². The molecule has 1 aromatic rings. The zero-order valence-corrected chi connectivity index (χ0v) is 14.4. The molecule has 0 aromatic heterocycles. The minimum atomic E-state index is -0.905. The van der Waals surface area contributed by atoms with Crippen LogP contribution in [0.25, 0.3) is 0 Å². The lowest BCUT2D eigenvalue weighted by atomic mass is 10.1. The Kier molecular flexibility index (Phi) is 6.45. The lowest BCUT2D eigenvalue weighted by Crippen LogP contribution is -2.46. The zero-order valence-electron chi connectivity index (χ0n) is 12.9. The number of rotatable bonds is 6. The summed E-state index contributed by atoms with van der Waals surface area (Å²) >= 11 is 12.0. The first-order valence-electron chi connectivity index (χ1n) is 7.65. The van der Waals surface area contributed by atoms with Crippen LogP contribution in [0, 0.1) is 0 Å². The smallest absolute Gasteiger partial charge is 0.303 e. The SMILES string of the molecule is O=C(O)CCCNC(=O)C1CCCN1C(=O)c1cc(Cl)ccc1Cl. The molecule has 1 saturated heterocycles. The first-order valence-corrected chi connectivity index (χ1v) is 8.41. The Bertz CT molecular complexity index is 651. The van der Waals surface area contributed by atoms with E-state index in [0.717, 1.165) is 6.42 Å². The van der Waals surface area contributed by atoms with Crippen LogP contribution in [0.1, 0.15) is 36.0 Å². The van der Waals surface area contributed by atoms with Crippen LogP contribution in [0.3, 0.4) is 0 Å². The average molecular weight is 373 g/mol. The highest BCUT2D eigenvalue weighted by Gasteiger charge is 2.35. The summed E-state index contributed by atoms with van der Waals surface area (Å²) in [6.07, 6.45) is 1.62. The van der Waals surface area contributed by atoms with Gasteiger partial charge in [-0.05, 0) is 37.5 Å². The maximum absolute atomic E-state index is 12.7. The Morgan fingerprint density at radius 2 is 2.04 bits per heavy atom. The van der Waals surface area contributed by atoms with Crippen molar-refractivity contribution in [2.45, 2.75) is 31.7 Å².